The van der Waals surface area contributed by atoms with E-state index in [0.29, 0.717) is 71.2 Å². The van der Waals surface area contributed by atoms with Crippen molar-refractivity contribution in [1.82, 2.24) is 15.0 Å². The molecule has 0 aliphatic rings. The maximum Gasteiger partial charge on any atom is 0.124 e. The molecule has 0 saturated carbocycles. The van der Waals surface area contributed by atoms with Crippen LogP contribution in [-0.4, -0.2) is 34.8 Å². The molecule has 0 unspecified atom stereocenters. The molecule has 0 aromatic carbocycles. The Bertz CT molecular complexity index is 1610. The van der Waals surface area contributed by atoms with Gasteiger partial charge in [0.1, 0.15) is 51.4 Å². The fourth-order valence-electron chi connectivity index (χ4n) is 5.64. The molecule has 0 spiro atoms. The molecule has 280 valence electrons. The van der Waals surface area contributed by atoms with E-state index in [1.807, 2.05) is 24.3 Å². The minimum absolute atomic E-state index is 0.474. The first-order chi connectivity index (χ1) is 26.1. The Hall–Kier alpha value is -4.91. The number of hydrogen-bond donors (Lipinski definition) is 0. The zero-order valence-electron chi connectivity index (χ0n) is 32.5. The third kappa shape index (κ3) is 18.4. The lowest BCUT2D eigenvalue weighted by molar-refractivity contribution is 0.303. The van der Waals surface area contributed by atoms with Gasteiger partial charge in [-0.15, -0.1) is 12.8 Å². The molecule has 0 fully saturated rings. The van der Waals surface area contributed by atoms with Crippen molar-refractivity contribution < 1.29 is 14.2 Å². The van der Waals surface area contributed by atoms with Gasteiger partial charge in [-0.1, -0.05) is 129 Å². The summed E-state index contributed by atoms with van der Waals surface area (Å²) in [4.78, 5) is 13.8. The van der Waals surface area contributed by atoms with Gasteiger partial charge in [-0.2, -0.15) is 0 Å². The maximum atomic E-state index is 6.18. The van der Waals surface area contributed by atoms with Gasteiger partial charge in [0.25, 0.3) is 0 Å². The van der Waals surface area contributed by atoms with Crippen LogP contribution in [0, 0.1) is 48.4 Å². The van der Waals surface area contributed by atoms with Crippen LogP contribution in [-0.2, 0) is 0 Å². The summed E-state index contributed by atoms with van der Waals surface area (Å²) in [5.74, 6) is 19.8. The number of pyridine rings is 3. The second-order valence-corrected chi connectivity index (χ2v) is 13.4. The molecule has 0 saturated heterocycles. The molecule has 0 aliphatic heterocycles. The highest BCUT2D eigenvalue weighted by atomic mass is 16.5. The third-order valence-electron chi connectivity index (χ3n) is 8.63. The molecule has 53 heavy (non-hydrogen) atoms. The number of nitrogens with zero attached hydrogens (tertiary/aromatic N) is 3. The lowest BCUT2D eigenvalue weighted by Crippen LogP contribution is -2.00. The van der Waals surface area contributed by atoms with Gasteiger partial charge in [0.15, 0.2) is 0 Å². The molecule has 3 aromatic rings. The van der Waals surface area contributed by atoms with E-state index in [2.05, 4.69) is 66.3 Å². The number of ether oxygens (including phenoxy) is 3. The second kappa shape index (κ2) is 26.8. The van der Waals surface area contributed by atoms with E-state index >= 15 is 0 Å². The highest BCUT2D eigenvalue weighted by Gasteiger charge is 2.06. The molecule has 3 aromatic heterocycles. The molecule has 3 heterocycles. The Kier molecular flexibility index (Phi) is 21.5. The van der Waals surface area contributed by atoms with Gasteiger partial charge in [-0.25, -0.2) is 15.0 Å². The molecule has 3 rings (SSSR count). The van der Waals surface area contributed by atoms with Crippen LogP contribution in [0.25, 0.3) is 0 Å². The van der Waals surface area contributed by atoms with Crippen LogP contribution in [0.1, 0.15) is 171 Å². The van der Waals surface area contributed by atoms with E-state index in [-0.39, 0.29) is 0 Å². The molecule has 6 nitrogen and oxygen atoms in total. The molecule has 0 radical (unpaired) electrons. The second-order valence-electron chi connectivity index (χ2n) is 13.4. The monoisotopic (exact) mass is 713 g/mol. The Balaban J connectivity index is 1.79. The summed E-state index contributed by atoms with van der Waals surface area (Å²) in [6, 6.07) is 10.9. The van der Waals surface area contributed by atoms with Crippen LogP contribution in [0.5, 0.6) is 17.2 Å². The first kappa shape index (κ1) is 42.5. The quantitative estimate of drug-likeness (QED) is 0.0680. The average Bonchev–Trinajstić information content (AvgIpc) is 3.18. The predicted molar refractivity (Wildman–Crippen MR) is 217 cm³/mol. The van der Waals surface area contributed by atoms with Crippen LogP contribution >= 0.6 is 0 Å². The standard InChI is InChI=1S/C47H59N3O3/c1-6-11-14-17-20-23-30-51-45-33-39(9-4)48-41(35-45)26-28-43-37-47(53-32-25-22-19-16-13-8-3)38-44(50-43)29-27-42-36-46(34-40(10-5)49-42)52-31-24-21-18-15-12-7-2/h4-5,33-38H,6-8,11-25,30-32H2,1-3H3. The van der Waals surface area contributed by atoms with Crippen molar-refractivity contribution in [2.75, 3.05) is 19.8 Å². The number of rotatable bonds is 24. The van der Waals surface area contributed by atoms with Crippen molar-refractivity contribution in [3.63, 3.8) is 0 Å². The lowest BCUT2D eigenvalue weighted by atomic mass is 10.1. The van der Waals surface area contributed by atoms with Crippen LogP contribution in [0.4, 0.5) is 0 Å². The SMILES string of the molecule is C#Cc1cc(OCCCCCCCC)cc(C#Cc2cc(OCCCCCCCC)cc(C#Cc3cc(OCCCCCCCC)cc(C#C)n3)n2)n1. The molecule has 0 amide bonds. The highest BCUT2D eigenvalue weighted by molar-refractivity contribution is 5.48. The van der Waals surface area contributed by atoms with Gasteiger partial charge in [-0.05, 0) is 42.9 Å². The largest absolute Gasteiger partial charge is 0.493 e. The van der Waals surface area contributed by atoms with Gasteiger partial charge in [0, 0.05) is 36.4 Å². The van der Waals surface area contributed by atoms with Crippen LogP contribution < -0.4 is 14.2 Å². The Morgan fingerprint density at radius 1 is 0.377 bits per heavy atom. The van der Waals surface area contributed by atoms with E-state index in [4.69, 9.17) is 32.0 Å². The van der Waals surface area contributed by atoms with Gasteiger partial charge in [0.2, 0.25) is 0 Å². The van der Waals surface area contributed by atoms with Crippen molar-refractivity contribution in [2.45, 2.75) is 136 Å². The van der Waals surface area contributed by atoms with E-state index in [1.54, 1.807) is 12.1 Å². The molecule has 0 N–H and O–H groups in total. The predicted octanol–water partition coefficient (Wildman–Crippen LogP) is 10.9. The van der Waals surface area contributed by atoms with Gasteiger partial charge in [0.05, 0.1) is 19.8 Å². The third-order valence-corrected chi connectivity index (χ3v) is 8.63. The summed E-state index contributed by atoms with van der Waals surface area (Å²) in [6.07, 6.45) is 32.8. The summed E-state index contributed by atoms with van der Waals surface area (Å²) >= 11 is 0. The van der Waals surface area contributed by atoms with E-state index < -0.39 is 0 Å². The van der Waals surface area contributed by atoms with Crippen LogP contribution in [0.2, 0.25) is 0 Å². The van der Waals surface area contributed by atoms with E-state index in [1.165, 1.54) is 77.0 Å². The average molecular weight is 714 g/mol. The zero-order valence-corrected chi connectivity index (χ0v) is 32.5. The zero-order chi connectivity index (χ0) is 37.8. The van der Waals surface area contributed by atoms with Crippen molar-refractivity contribution in [1.29, 1.82) is 0 Å². The van der Waals surface area contributed by atoms with E-state index in [9.17, 15) is 0 Å². The number of terminal acetylenes is 2. The molecule has 6 heteroatoms. The summed E-state index contributed by atoms with van der Waals surface area (Å²) in [7, 11) is 0. The Labute approximate surface area is 320 Å². The van der Waals surface area contributed by atoms with Crippen molar-refractivity contribution in [3.8, 4) is 65.6 Å². The first-order valence-electron chi connectivity index (χ1n) is 20.0. The molecule has 0 bridgehead atoms. The number of unbranched alkanes of at least 4 members (excludes halogenated alkanes) is 15. The number of aromatic nitrogens is 3. The van der Waals surface area contributed by atoms with Crippen LogP contribution in [0.3, 0.4) is 0 Å². The van der Waals surface area contributed by atoms with Gasteiger partial charge in [-0.3, -0.25) is 0 Å². The maximum absolute atomic E-state index is 6.18. The number of hydrogen-bond acceptors (Lipinski definition) is 6. The van der Waals surface area contributed by atoms with Crippen molar-refractivity contribution in [2.24, 2.45) is 0 Å². The van der Waals surface area contributed by atoms with E-state index in [0.717, 1.165) is 38.5 Å². The summed E-state index contributed by atoms with van der Waals surface area (Å²) in [6.45, 7) is 8.53. The molecule has 0 aliphatic carbocycles. The summed E-state index contributed by atoms with van der Waals surface area (Å²) < 4.78 is 18.2. The molecular weight excluding hydrogens is 655 g/mol. The lowest BCUT2D eigenvalue weighted by Gasteiger charge is -2.08. The van der Waals surface area contributed by atoms with Gasteiger partial charge >= 0.3 is 0 Å². The Morgan fingerprint density at radius 2 is 0.623 bits per heavy atom. The van der Waals surface area contributed by atoms with Crippen molar-refractivity contribution >= 4 is 0 Å². The first-order valence-corrected chi connectivity index (χ1v) is 20.0. The van der Waals surface area contributed by atoms with Gasteiger partial charge < -0.3 is 14.2 Å². The van der Waals surface area contributed by atoms with Crippen molar-refractivity contribution in [3.05, 3.63) is 70.6 Å². The topological polar surface area (TPSA) is 66.4 Å². The summed E-state index contributed by atoms with van der Waals surface area (Å²) in [5, 5.41) is 0. The molecule has 0 atom stereocenters. The minimum Gasteiger partial charge on any atom is -0.493 e. The molecular formula is C47H59N3O3. The fraction of sp³-hybridized carbons (Fsp3) is 0.511. The normalized spacial score (nSPS) is 10.3. The minimum atomic E-state index is 0.474. The fourth-order valence-corrected chi connectivity index (χ4v) is 5.64. The smallest absolute Gasteiger partial charge is 0.124 e. The Morgan fingerprint density at radius 3 is 0.906 bits per heavy atom. The highest BCUT2D eigenvalue weighted by Crippen LogP contribution is 2.19. The summed E-state index contributed by atoms with van der Waals surface area (Å²) in [5.41, 5.74) is 2.98. The van der Waals surface area contributed by atoms with Crippen LogP contribution in [0.15, 0.2) is 36.4 Å².